The van der Waals surface area contributed by atoms with Crippen LogP contribution in [-0.2, 0) is 0 Å². The van der Waals surface area contributed by atoms with Gasteiger partial charge < -0.3 is 0 Å². The lowest BCUT2D eigenvalue weighted by Gasteiger charge is -2.31. The van der Waals surface area contributed by atoms with Gasteiger partial charge in [-0.1, -0.05) is 61.5 Å². The normalized spacial score (nSPS) is 12.8. The van der Waals surface area contributed by atoms with Crippen LogP contribution in [0.25, 0.3) is 0 Å². The predicted molar refractivity (Wildman–Crippen MR) is 108 cm³/mol. The standard InChI is InChI=1S/C21H21BrP/c1-2-21(22)23(18-12-6-3-7-13-18,19-14-8-4-9-15-19)20-16-10-5-11-17-20/h3-17,21H,2H2,1H3/q+1. The molecular formula is C21H21BrP+. The summed E-state index contributed by atoms with van der Waals surface area (Å²) < 4.78 is 0.419. The van der Waals surface area contributed by atoms with Crippen LogP contribution in [0.5, 0.6) is 0 Å². The molecule has 0 heterocycles. The molecule has 0 aliphatic carbocycles. The van der Waals surface area contributed by atoms with E-state index in [0.29, 0.717) is 4.57 Å². The Kier molecular flexibility index (Phi) is 5.30. The van der Waals surface area contributed by atoms with Gasteiger partial charge in [0.2, 0.25) is 0 Å². The van der Waals surface area contributed by atoms with Crippen LogP contribution in [0.1, 0.15) is 13.3 Å². The average molecular weight is 384 g/mol. The van der Waals surface area contributed by atoms with Crippen molar-refractivity contribution in [1.29, 1.82) is 0 Å². The molecule has 3 rings (SSSR count). The SMILES string of the molecule is CCC(Br)[P+](c1ccccc1)(c1ccccc1)c1ccccc1. The highest BCUT2D eigenvalue weighted by Crippen LogP contribution is 2.62. The fourth-order valence-corrected chi connectivity index (χ4v) is 9.66. The Morgan fingerprint density at radius 2 is 0.957 bits per heavy atom. The lowest BCUT2D eigenvalue weighted by Crippen LogP contribution is -2.36. The van der Waals surface area contributed by atoms with Gasteiger partial charge in [-0.25, -0.2) is 0 Å². The van der Waals surface area contributed by atoms with Crippen LogP contribution in [-0.4, -0.2) is 4.57 Å². The topological polar surface area (TPSA) is 0 Å². The number of halogens is 1. The van der Waals surface area contributed by atoms with Crippen molar-refractivity contribution in [1.82, 2.24) is 0 Å². The average Bonchev–Trinajstić information content (AvgIpc) is 2.65. The second kappa shape index (κ2) is 7.43. The number of hydrogen-bond acceptors (Lipinski definition) is 0. The Balaban J connectivity index is 2.35. The summed E-state index contributed by atoms with van der Waals surface area (Å²) in [5.74, 6) is 0. The highest BCUT2D eigenvalue weighted by Gasteiger charge is 2.50. The van der Waals surface area contributed by atoms with Crippen molar-refractivity contribution < 1.29 is 0 Å². The molecule has 0 aliphatic heterocycles. The van der Waals surface area contributed by atoms with Crippen LogP contribution in [0.4, 0.5) is 0 Å². The maximum Gasteiger partial charge on any atom is 0.137 e. The van der Waals surface area contributed by atoms with E-state index in [-0.39, 0.29) is 0 Å². The summed E-state index contributed by atoms with van der Waals surface area (Å²) in [6.45, 7) is 2.27. The first kappa shape index (κ1) is 16.4. The van der Waals surface area contributed by atoms with Gasteiger partial charge in [0.15, 0.2) is 0 Å². The van der Waals surface area contributed by atoms with Gasteiger partial charge in [-0.3, -0.25) is 0 Å². The van der Waals surface area contributed by atoms with Crippen molar-refractivity contribution in [2.75, 3.05) is 0 Å². The minimum Gasteiger partial charge on any atom is -0.0620 e. The van der Waals surface area contributed by atoms with Crippen LogP contribution in [0, 0.1) is 0 Å². The highest BCUT2D eigenvalue weighted by molar-refractivity contribution is 9.11. The highest BCUT2D eigenvalue weighted by atomic mass is 79.9. The summed E-state index contributed by atoms with van der Waals surface area (Å²) in [5.41, 5.74) is 0. The molecule has 0 aliphatic rings. The molecule has 3 aromatic rings. The third-order valence-corrected chi connectivity index (χ3v) is 11.3. The Hall–Kier alpha value is -1.43. The molecule has 0 amide bonds. The molecule has 0 saturated heterocycles. The molecule has 0 spiro atoms. The van der Waals surface area contributed by atoms with E-state index in [1.165, 1.54) is 15.9 Å². The molecule has 3 aromatic carbocycles. The molecule has 0 bridgehead atoms. The van der Waals surface area contributed by atoms with E-state index in [9.17, 15) is 0 Å². The second-order valence-corrected chi connectivity index (χ2v) is 11.0. The molecule has 0 saturated carbocycles. The van der Waals surface area contributed by atoms with Crippen LogP contribution in [0.15, 0.2) is 91.0 Å². The summed E-state index contributed by atoms with van der Waals surface area (Å²) in [4.78, 5) is 0. The van der Waals surface area contributed by atoms with Gasteiger partial charge in [-0.2, -0.15) is 0 Å². The van der Waals surface area contributed by atoms with Crippen LogP contribution < -0.4 is 15.9 Å². The monoisotopic (exact) mass is 383 g/mol. The summed E-state index contributed by atoms with van der Waals surface area (Å²) >= 11 is 4.06. The summed E-state index contributed by atoms with van der Waals surface area (Å²) in [6, 6.07) is 33.0. The molecular weight excluding hydrogens is 363 g/mol. The lowest BCUT2D eigenvalue weighted by molar-refractivity contribution is 1.06. The third-order valence-electron chi connectivity index (χ3n) is 4.25. The molecule has 116 valence electrons. The fraction of sp³-hybridized carbons (Fsp3) is 0.143. The Labute approximate surface area is 148 Å². The molecule has 0 aromatic heterocycles. The molecule has 2 heteroatoms. The maximum absolute atomic E-state index is 4.06. The molecule has 0 fully saturated rings. The van der Waals surface area contributed by atoms with Crippen molar-refractivity contribution in [3.8, 4) is 0 Å². The zero-order chi connectivity index (χ0) is 16.1. The number of alkyl halides is 1. The van der Waals surface area contributed by atoms with Crippen molar-refractivity contribution in [3.63, 3.8) is 0 Å². The van der Waals surface area contributed by atoms with E-state index >= 15 is 0 Å². The zero-order valence-corrected chi connectivity index (χ0v) is 15.8. The Bertz CT molecular complexity index is 629. The van der Waals surface area contributed by atoms with Gasteiger partial charge in [-0.15, -0.1) is 0 Å². The molecule has 0 N–H and O–H groups in total. The van der Waals surface area contributed by atoms with E-state index in [1.54, 1.807) is 0 Å². The van der Waals surface area contributed by atoms with E-state index in [0.717, 1.165) is 6.42 Å². The lowest BCUT2D eigenvalue weighted by atomic mass is 10.4. The molecule has 0 radical (unpaired) electrons. The number of benzene rings is 3. The molecule has 1 atom stereocenters. The third kappa shape index (κ3) is 3.01. The second-order valence-electron chi connectivity index (χ2n) is 5.57. The largest absolute Gasteiger partial charge is 0.137 e. The van der Waals surface area contributed by atoms with Crippen LogP contribution in [0.3, 0.4) is 0 Å². The Morgan fingerprint density at radius 1 is 0.652 bits per heavy atom. The smallest absolute Gasteiger partial charge is 0.0620 e. The summed E-state index contributed by atoms with van der Waals surface area (Å²) in [7, 11) is -1.73. The van der Waals surface area contributed by atoms with Gasteiger partial charge in [-0.05, 0) is 58.7 Å². The van der Waals surface area contributed by atoms with Gasteiger partial charge in [0, 0.05) is 0 Å². The van der Waals surface area contributed by atoms with Gasteiger partial charge in [0.05, 0.1) is 0 Å². The minimum absolute atomic E-state index is 0.419. The van der Waals surface area contributed by atoms with Crippen molar-refractivity contribution in [3.05, 3.63) is 91.0 Å². The molecule has 23 heavy (non-hydrogen) atoms. The maximum atomic E-state index is 4.06. The summed E-state index contributed by atoms with van der Waals surface area (Å²) in [5, 5.41) is 4.29. The van der Waals surface area contributed by atoms with Crippen molar-refractivity contribution >= 4 is 39.1 Å². The van der Waals surface area contributed by atoms with Crippen LogP contribution >= 0.6 is 23.2 Å². The first-order valence-corrected chi connectivity index (χ1v) is 10.8. The molecule has 1 unspecified atom stereocenters. The van der Waals surface area contributed by atoms with E-state index in [1.807, 2.05) is 0 Å². The van der Waals surface area contributed by atoms with Crippen molar-refractivity contribution in [2.24, 2.45) is 0 Å². The van der Waals surface area contributed by atoms with Crippen LogP contribution in [0.2, 0.25) is 0 Å². The molecule has 0 nitrogen and oxygen atoms in total. The first-order chi connectivity index (χ1) is 11.3. The quantitative estimate of drug-likeness (QED) is 0.424. The first-order valence-electron chi connectivity index (χ1n) is 7.99. The zero-order valence-electron chi connectivity index (χ0n) is 13.3. The number of rotatable bonds is 5. The van der Waals surface area contributed by atoms with E-state index in [4.69, 9.17) is 0 Å². The van der Waals surface area contributed by atoms with E-state index < -0.39 is 7.26 Å². The van der Waals surface area contributed by atoms with Gasteiger partial charge in [0.1, 0.15) is 27.7 Å². The predicted octanol–water partition coefficient (Wildman–Crippen LogP) is 5.11. The minimum atomic E-state index is -1.73. The van der Waals surface area contributed by atoms with Crippen molar-refractivity contribution in [2.45, 2.75) is 17.9 Å². The summed E-state index contributed by atoms with van der Waals surface area (Å²) in [6.07, 6.45) is 1.09. The fourth-order valence-electron chi connectivity index (χ4n) is 3.20. The Morgan fingerprint density at radius 3 is 1.22 bits per heavy atom. The van der Waals surface area contributed by atoms with Gasteiger partial charge >= 0.3 is 0 Å². The van der Waals surface area contributed by atoms with E-state index in [2.05, 4.69) is 114 Å². The number of hydrogen-bond donors (Lipinski definition) is 0. The van der Waals surface area contributed by atoms with Gasteiger partial charge in [0.25, 0.3) is 0 Å².